The van der Waals surface area contributed by atoms with Gasteiger partial charge in [-0.15, -0.1) is 0 Å². The molecule has 4 nitrogen and oxygen atoms in total. The zero-order valence-corrected chi connectivity index (χ0v) is 13.5. The lowest BCUT2D eigenvalue weighted by molar-refractivity contribution is -0.0131. The van der Waals surface area contributed by atoms with Gasteiger partial charge in [0.15, 0.2) is 0 Å². The summed E-state index contributed by atoms with van der Waals surface area (Å²) in [5.41, 5.74) is 3.98. The van der Waals surface area contributed by atoms with Crippen LogP contribution in [0, 0.1) is 19.7 Å². The molecule has 0 aliphatic carbocycles. The number of nitrogens with one attached hydrogen (secondary N) is 1. The van der Waals surface area contributed by atoms with Crippen molar-refractivity contribution < 1.29 is 9.13 Å². The summed E-state index contributed by atoms with van der Waals surface area (Å²) < 4.78 is 19.1. The van der Waals surface area contributed by atoms with E-state index in [9.17, 15) is 4.39 Å². The molecule has 0 spiro atoms. The van der Waals surface area contributed by atoms with Crippen LogP contribution in [0.1, 0.15) is 28.6 Å². The Morgan fingerprint density at radius 3 is 3.00 bits per heavy atom. The molecule has 2 heterocycles. The van der Waals surface area contributed by atoms with E-state index in [1.54, 1.807) is 6.07 Å². The van der Waals surface area contributed by atoms with E-state index in [0.29, 0.717) is 24.8 Å². The second-order valence-corrected chi connectivity index (χ2v) is 6.05. The lowest BCUT2D eigenvalue weighted by atomic mass is 10.0. The summed E-state index contributed by atoms with van der Waals surface area (Å²) in [7, 11) is 0. The molecule has 0 saturated carbocycles. The van der Waals surface area contributed by atoms with Gasteiger partial charge in [-0.1, -0.05) is 11.6 Å². The van der Waals surface area contributed by atoms with E-state index in [4.69, 9.17) is 16.3 Å². The Morgan fingerprint density at radius 2 is 2.27 bits per heavy atom. The highest BCUT2D eigenvalue weighted by molar-refractivity contribution is 6.31. The first kappa shape index (κ1) is 15.5. The number of hydrogen-bond acceptors (Lipinski definition) is 3. The van der Waals surface area contributed by atoms with Crippen LogP contribution in [0.4, 0.5) is 4.39 Å². The van der Waals surface area contributed by atoms with Crippen LogP contribution >= 0.6 is 11.6 Å². The number of rotatable bonds is 3. The van der Waals surface area contributed by atoms with Gasteiger partial charge in [0.25, 0.3) is 0 Å². The van der Waals surface area contributed by atoms with Crippen LogP contribution < -0.4 is 0 Å². The van der Waals surface area contributed by atoms with Crippen LogP contribution in [0.15, 0.2) is 18.2 Å². The van der Waals surface area contributed by atoms with Gasteiger partial charge in [0.1, 0.15) is 5.82 Å². The summed E-state index contributed by atoms with van der Waals surface area (Å²) in [5.74, 6) is -0.264. The van der Waals surface area contributed by atoms with E-state index in [1.807, 2.05) is 13.8 Å². The summed E-state index contributed by atoms with van der Waals surface area (Å²) in [6, 6.07) is 4.60. The third-order valence-electron chi connectivity index (χ3n) is 4.14. The third kappa shape index (κ3) is 3.02. The molecule has 2 aromatic rings. The fourth-order valence-electron chi connectivity index (χ4n) is 3.03. The normalized spacial score (nSPS) is 19.5. The predicted octanol–water partition coefficient (Wildman–Crippen LogP) is 3.39. The molecule has 1 aromatic heterocycles. The molecule has 1 atom stereocenters. The maximum atomic E-state index is 13.5. The average molecular weight is 324 g/mol. The molecular formula is C16H19ClFN3O. The van der Waals surface area contributed by atoms with E-state index in [1.165, 1.54) is 12.1 Å². The summed E-state index contributed by atoms with van der Waals surface area (Å²) >= 11 is 6.21. The van der Waals surface area contributed by atoms with Gasteiger partial charge >= 0.3 is 0 Å². The van der Waals surface area contributed by atoms with Crippen molar-refractivity contribution in [2.45, 2.75) is 26.4 Å². The topological polar surface area (TPSA) is 41.1 Å². The Kier molecular flexibility index (Phi) is 4.47. The molecule has 6 heteroatoms. The fraction of sp³-hybridized carbons (Fsp3) is 0.438. The van der Waals surface area contributed by atoms with Crippen molar-refractivity contribution in [1.29, 1.82) is 0 Å². The number of morpholine rings is 1. The van der Waals surface area contributed by atoms with E-state index in [-0.39, 0.29) is 11.9 Å². The molecule has 0 bridgehead atoms. The van der Waals surface area contributed by atoms with Gasteiger partial charge in [0.2, 0.25) is 0 Å². The first-order chi connectivity index (χ1) is 10.6. The molecule has 0 unspecified atom stereocenters. The van der Waals surface area contributed by atoms with Gasteiger partial charge in [0.05, 0.1) is 24.9 Å². The molecule has 3 rings (SSSR count). The largest absolute Gasteiger partial charge is 0.378 e. The van der Waals surface area contributed by atoms with Gasteiger partial charge in [-0.2, -0.15) is 5.10 Å². The molecule has 1 aromatic carbocycles. The molecule has 1 fully saturated rings. The number of aromatic nitrogens is 2. The number of aryl methyl sites for hydroxylation is 2. The number of ether oxygens (including phenoxy) is 1. The first-order valence-electron chi connectivity index (χ1n) is 7.33. The molecule has 1 aliphatic heterocycles. The SMILES string of the molecule is Cc1n[nH]c(C)c1[C@H]1COCCN1Cc1cc(F)ccc1Cl. The number of benzene rings is 1. The lowest BCUT2D eigenvalue weighted by Crippen LogP contribution is -2.39. The molecule has 118 valence electrons. The highest BCUT2D eigenvalue weighted by Crippen LogP contribution is 2.31. The monoisotopic (exact) mass is 323 g/mol. The summed E-state index contributed by atoms with van der Waals surface area (Å²) in [6.07, 6.45) is 0. The molecule has 1 aliphatic rings. The molecule has 1 saturated heterocycles. The summed E-state index contributed by atoms with van der Waals surface area (Å²) in [5, 5.41) is 7.88. The van der Waals surface area contributed by atoms with Gasteiger partial charge in [-0.25, -0.2) is 4.39 Å². The minimum atomic E-state index is -0.264. The Balaban J connectivity index is 1.89. The van der Waals surface area contributed by atoms with Crippen LogP contribution in [0.5, 0.6) is 0 Å². The Labute approximate surface area is 134 Å². The number of H-pyrrole nitrogens is 1. The second-order valence-electron chi connectivity index (χ2n) is 5.64. The van der Waals surface area contributed by atoms with E-state index >= 15 is 0 Å². The van der Waals surface area contributed by atoms with Gasteiger partial charge in [-0.3, -0.25) is 10.00 Å². The van der Waals surface area contributed by atoms with Crippen molar-refractivity contribution in [3.05, 3.63) is 51.6 Å². The van der Waals surface area contributed by atoms with E-state index in [2.05, 4.69) is 15.1 Å². The average Bonchev–Trinajstić information content (AvgIpc) is 2.83. The Bertz CT molecular complexity index is 654. The summed E-state index contributed by atoms with van der Waals surface area (Å²) in [4.78, 5) is 2.27. The highest BCUT2D eigenvalue weighted by atomic mass is 35.5. The number of halogens is 2. The van der Waals surface area contributed by atoms with Crippen LogP contribution in [-0.2, 0) is 11.3 Å². The lowest BCUT2D eigenvalue weighted by Gasteiger charge is -2.36. The quantitative estimate of drug-likeness (QED) is 0.941. The van der Waals surface area contributed by atoms with Crippen LogP contribution in [-0.4, -0.2) is 34.9 Å². The fourth-order valence-corrected chi connectivity index (χ4v) is 3.20. The van der Waals surface area contributed by atoms with Crippen LogP contribution in [0.3, 0.4) is 0 Å². The maximum absolute atomic E-state index is 13.5. The number of aromatic amines is 1. The van der Waals surface area contributed by atoms with Crippen molar-refractivity contribution in [3.8, 4) is 0 Å². The van der Waals surface area contributed by atoms with E-state index in [0.717, 1.165) is 29.1 Å². The molecule has 22 heavy (non-hydrogen) atoms. The van der Waals surface area contributed by atoms with Crippen molar-refractivity contribution in [1.82, 2.24) is 15.1 Å². The van der Waals surface area contributed by atoms with Gasteiger partial charge < -0.3 is 4.74 Å². The third-order valence-corrected chi connectivity index (χ3v) is 4.51. The molecular weight excluding hydrogens is 305 g/mol. The smallest absolute Gasteiger partial charge is 0.123 e. The first-order valence-corrected chi connectivity index (χ1v) is 7.71. The van der Waals surface area contributed by atoms with Gasteiger partial charge in [0, 0.05) is 29.4 Å². The van der Waals surface area contributed by atoms with Crippen molar-refractivity contribution in [2.24, 2.45) is 0 Å². The standard InChI is InChI=1S/C16H19ClFN3O/c1-10-16(11(2)20-19-10)15-9-22-6-5-21(15)8-12-7-13(18)3-4-14(12)17/h3-4,7,15H,5-6,8-9H2,1-2H3,(H,19,20)/t15-/m1/s1. The second kappa shape index (κ2) is 6.36. The predicted molar refractivity (Wildman–Crippen MR) is 83.4 cm³/mol. The number of nitrogens with zero attached hydrogens (tertiary/aromatic N) is 2. The number of hydrogen-bond donors (Lipinski definition) is 1. The minimum absolute atomic E-state index is 0.104. The molecule has 0 radical (unpaired) electrons. The maximum Gasteiger partial charge on any atom is 0.123 e. The Morgan fingerprint density at radius 1 is 1.45 bits per heavy atom. The highest BCUT2D eigenvalue weighted by Gasteiger charge is 2.29. The zero-order chi connectivity index (χ0) is 15.7. The summed E-state index contributed by atoms with van der Waals surface area (Å²) in [6.45, 7) is 6.64. The Hall–Kier alpha value is -1.43. The molecule has 1 N–H and O–H groups in total. The van der Waals surface area contributed by atoms with Crippen molar-refractivity contribution in [2.75, 3.05) is 19.8 Å². The van der Waals surface area contributed by atoms with Crippen molar-refractivity contribution >= 4 is 11.6 Å². The minimum Gasteiger partial charge on any atom is -0.378 e. The van der Waals surface area contributed by atoms with Crippen molar-refractivity contribution in [3.63, 3.8) is 0 Å². The van der Waals surface area contributed by atoms with Gasteiger partial charge in [-0.05, 0) is 37.6 Å². The van der Waals surface area contributed by atoms with E-state index < -0.39 is 0 Å². The van der Waals surface area contributed by atoms with Crippen LogP contribution in [0.2, 0.25) is 5.02 Å². The zero-order valence-electron chi connectivity index (χ0n) is 12.7. The molecule has 0 amide bonds. The van der Waals surface area contributed by atoms with Crippen LogP contribution in [0.25, 0.3) is 0 Å².